The fourth-order valence-electron chi connectivity index (χ4n) is 2.99. The van der Waals surface area contributed by atoms with Crippen LogP contribution in [0.5, 0.6) is 0 Å². The summed E-state index contributed by atoms with van der Waals surface area (Å²) < 4.78 is 27.8. The molecule has 1 fully saturated rings. The molecule has 1 saturated heterocycles. The van der Waals surface area contributed by atoms with E-state index in [0.29, 0.717) is 35.1 Å². The number of anilines is 1. The minimum atomic E-state index is -3.53. The molecule has 1 aromatic heterocycles. The summed E-state index contributed by atoms with van der Waals surface area (Å²) in [7, 11) is -3.53. The van der Waals surface area contributed by atoms with E-state index in [1.54, 1.807) is 36.0 Å². The van der Waals surface area contributed by atoms with Crippen LogP contribution in [0, 0.1) is 5.92 Å². The molecule has 7 nitrogen and oxygen atoms in total. The van der Waals surface area contributed by atoms with Gasteiger partial charge < -0.3 is 5.32 Å². The number of sulfonamides is 1. The minimum Gasteiger partial charge on any atom is -0.300 e. The molecule has 1 atom stereocenters. The van der Waals surface area contributed by atoms with Crippen LogP contribution in [0.3, 0.4) is 0 Å². The van der Waals surface area contributed by atoms with E-state index < -0.39 is 15.9 Å². The summed E-state index contributed by atoms with van der Waals surface area (Å²) in [5.74, 6) is 0.126. The largest absolute Gasteiger partial charge is 0.300 e. The van der Waals surface area contributed by atoms with Gasteiger partial charge in [0.2, 0.25) is 21.1 Å². The Bertz CT molecular complexity index is 935. The van der Waals surface area contributed by atoms with Gasteiger partial charge in [0.15, 0.2) is 4.34 Å². The second-order valence-electron chi connectivity index (χ2n) is 6.38. The lowest BCUT2D eigenvalue weighted by Gasteiger charge is -2.31. The summed E-state index contributed by atoms with van der Waals surface area (Å²) in [6, 6.07) is 6.82. The Labute approximate surface area is 177 Å². The summed E-state index contributed by atoms with van der Waals surface area (Å²) in [6.45, 7) is 2.61. The van der Waals surface area contributed by atoms with Crippen LogP contribution in [-0.2, 0) is 20.6 Å². The first-order chi connectivity index (χ1) is 13.4. The van der Waals surface area contributed by atoms with E-state index >= 15 is 0 Å². The standard InChI is InChI=1S/C17H21ClN4O3S3/c1-2-26-17-21-20-16(27-17)19-15(23)13-6-4-8-22(10-13)28(24,25)11-12-5-3-7-14(18)9-12/h3,5,7,9,13H,2,4,6,8,10-11H2,1H3,(H,19,20,23)/t13-/m0/s1. The van der Waals surface area contributed by atoms with Crippen LogP contribution in [0.2, 0.25) is 5.02 Å². The Hall–Kier alpha value is -1.20. The van der Waals surface area contributed by atoms with Crippen molar-refractivity contribution < 1.29 is 13.2 Å². The minimum absolute atomic E-state index is 0.129. The number of rotatable bonds is 7. The lowest BCUT2D eigenvalue weighted by molar-refractivity contribution is -0.120. The van der Waals surface area contributed by atoms with Gasteiger partial charge in [0.1, 0.15) is 0 Å². The second-order valence-corrected chi connectivity index (χ2v) is 11.3. The van der Waals surface area contributed by atoms with E-state index in [0.717, 1.165) is 10.1 Å². The number of carbonyl (C=O) groups is 1. The summed E-state index contributed by atoms with van der Waals surface area (Å²) in [4.78, 5) is 12.6. The van der Waals surface area contributed by atoms with Gasteiger partial charge >= 0.3 is 0 Å². The van der Waals surface area contributed by atoms with Crippen molar-refractivity contribution in [2.45, 2.75) is 29.9 Å². The van der Waals surface area contributed by atoms with Crippen LogP contribution < -0.4 is 5.32 Å². The molecule has 11 heteroatoms. The number of hydrogen-bond donors (Lipinski definition) is 1. The van der Waals surface area contributed by atoms with Crippen molar-refractivity contribution in [2.75, 3.05) is 24.2 Å². The molecule has 2 aromatic rings. The Morgan fingerprint density at radius 1 is 1.43 bits per heavy atom. The number of thioether (sulfide) groups is 1. The van der Waals surface area contributed by atoms with E-state index in [2.05, 4.69) is 15.5 Å². The zero-order chi connectivity index (χ0) is 20.1. The number of nitrogens with one attached hydrogen (secondary N) is 1. The smallest absolute Gasteiger partial charge is 0.230 e. The second kappa shape index (κ2) is 9.53. The number of carbonyl (C=O) groups excluding carboxylic acids is 1. The molecule has 152 valence electrons. The van der Waals surface area contributed by atoms with Gasteiger partial charge in [0.25, 0.3) is 0 Å². The third-order valence-electron chi connectivity index (χ3n) is 4.29. The van der Waals surface area contributed by atoms with Crippen molar-refractivity contribution in [1.29, 1.82) is 0 Å². The van der Waals surface area contributed by atoms with Gasteiger partial charge in [0.05, 0.1) is 11.7 Å². The number of nitrogens with zero attached hydrogens (tertiary/aromatic N) is 3. The molecular weight excluding hydrogens is 440 g/mol. The molecule has 1 aliphatic heterocycles. The first-order valence-electron chi connectivity index (χ1n) is 8.87. The molecule has 1 N–H and O–H groups in total. The molecule has 1 amide bonds. The van der Waals surface area contributed by atoms with Crippen LogP contribution >= 0.6 is 34.7 Å². The molecule has 28 heavy (non-hydrogen) atoms. The number of halogens is 1. The van der Waals surface area contributed by atoms with Crippen LogP contribution in [-0.4, -0.2) is 47.7 Å². The number of benzene rings is 1. The van der Waals surface area contributed by atoms with Gasteiger partial charge in [-0.2, -0.15) is 0 Å². The SMILES string of the molecule is CCSc1nnc(NC(=O)[C@H]2CCCN(S(=O)(=O)Cc3cccc(Cl)c3)C2)s1. The van der Waals surface area contributed by atoms with Crippen molar-refractivity contribution in [2.24, 2.45) is 5.92 Å². The summed E-state index contributed by atoms with van der Waals surface area (Å²) >= 11 is 8.83. The maximum Gasteiger partial charge on any atom is 0.230 e. The fraction of sp³-hybridized carbons (Fsp3) is 0.471. The number of piperidine rings is 1. The maximum atomic E-state index is 12.8. The van der Waals surface area contributed by atoms with E-state index in [1.807, 2.05) is 6.92 Å². The van der Waals surface area contributed by atoms with Crippen molar-refractivity contribution in [3.63, 3.8) is 0 Å². The molecule has 0 unspecified atom stereocenters. The number of aromatic nitrogens is 2. The average molecular weight is 461 g/mol. The van der Waals surface area contributed by atoms with Crippen molar-refractivity contribution in [1.82, 2.24) is 14.5 Å². The van der Waals surface area contributed by atoms with Gasteiger partial charge in [-0.1, -0.05) is 53.8 Å². The van der Waals surface area contributed by atoms with Gasteiger partial charge in [-0.15, -0.1) is 10.2 Å². The van der Waals surface area contributed by atoms with Crippen molar-refractivity contribution >= 4 is 55.8 Å². The molecular formula is C17H21ClN4O3S3. The topological polar surface area (TPSA) is 92.3 Å². The van der Waals surface area contributed by atoms with E-state index in [9.17, 15) is 13.2 Å². The van der Waals surface area contributed by atoms with E-state index in [1.165, 1.54) is 15.6 Å². The highest BCUT2D eigenvalue weighted by Crippen LogP contribution is 2.27. The van der Waals surface area contributed by atoms with Gasteiger partial charge in [-0.05, 0) is 36.3 Å². The zero-order valence-corrected chi connectivity index (χ0v) is 18.5. The molecule has 0 bridgehead atoms. The Morgan fingerprint density at radius 2 is 2.25 bits per heavy atom. The lowest BCUT2D eigenvalue weighted by Crippen LogP contribution is -2.44. The van der Waals surface area contributed by atoms with E-state index in [4.69, 9.17) is 11.6 Å². The average Bonchev–Trinajstić information content (AvgIpc) is 3.09. The number of hydrogen-bond acceptors (Lipinski definition) is 7. The first-order valence-corrected chi connectivity index (χ1v) is 12.7. The quantitative estimate of drug-likeness (QED) is 0.502. The van der Waals surface area contributed by atoms with Crippen molar-refractivity contribution in [3.05, 3.63) is 34.9 Å². The number of amides is 1. The van der Waals surface area contributed by atoms with Gasteiger partial charge in [-0.3, -0.25) is 4.79 Å². The van der Waals surface area contributed by atoms with Crippen molar-refractivity contribution in [3.8, 4) is 0 Å². The van der Waals surface area contributed by atoms with Crippen LogP contribution in [0.4, 0.5) is 5.13 Å². The molecule has 2 heterocycles. The molecule has 0 aliphatic carbocycles. The highest BCUT2D eigenvalue weighted by Gasteiger charge is 2.32. The Balaban J connectivity index is 1.62. The van der Waals surface area contributed by atoms with E-state index in [-0.39, 0.29) is 18.2 Å². The molecule has 0 saturated carbocycles. The highest BCUT2D eigenvalue weighted by atomic mass is 35.5. The molecule has 1 aliphatic rings. The predicted molar refractivity (Wildman–Crippen MR) is 113 cm³/mol. The first kappa shape index (κ1) is 21.5. The lowest BCUT2D eigenvalue weighted by atomic mass is 9.99. The summed E-state index contributed by atoms with van der Waals surface area (Å²) in [5, 5.41) is 11.7. The predicted octanol–water partition coefficient (Wildman–Crippen LogP) is 3.48. The molecule has 3 rings (SSSR count). The van der Waals surface area contributed by atoms with Crippen LogP contribution in [0.25, 0.3) is 0 Å². The van der Waals surface area contributed by atoms with Crippen LogP contribution in [0.15, 0.2) is 28.6 Å². The zero-order valence-electron chi connectivity index (χ0n) is 15.3. The third-order valence-corrected chi connectivity index (χ3v) is 8.20. The van der Waals surface area contributed by atoms with Crippen LogP contribution in [0.1, 0.15) is 25.3 Å². The summed E-state index contributed by atoms with van der Waals surface area (Å²) in [5.41, 5.74) is 0.633. The highest BCUT2D eigenvalue weighted by molar-refractivity contribution is 8.01. The normalized spacial score (nSPS) is 18.1. The molecule has 0 radical (unpaired) electrons. The third kappa shape index (κ3) is 5.66. The van der Waals surface area contributed by atoms with Gasteiger partial charge in [-0.25, -0.2) is 12.7 Å². The molecule has 1 aromatic carbocycles. The molecule has 0 spiro atoms. The maximum absolute atomic E-state index is 12.8. The Kier molecular flexibility index (Phi) is 7.32. The summed E-state index contributed by atoms with van der Waals surface area (Å²) in [6.07, 6.45) is 1.28. The monoisotopic (exact) mass is 460 g/mol. The Morgan fingerprint density at radius 3 is 3.00 bits per heavy atom. The fourth-order valence-corrected chi connectivity index (χ4v) is 6.45. The van der Waals surface area contributed by atoms with Gasteiger partial charge in [0, 0.05) is 18.1 Å².